The van der Waals surface area contributed by atoms with E-state index < -0.39 is 0 Å². The van der Waals surface area contributed by atoms with Crippen LogP contribution in [0.3, 0.4) is 0 Å². The van der Waals surface area contributed by atoms with Crippen LogP contribution in [0.25, 0.3) is 0 Å². The van der Waals surface area contributed by atoms with Crippen molar-refractivity contribution in [2.45, 2.75) is 13.8 Å². The van der Waals surface area contributed by atoms with Gasteiger partial charge in [-0.1, -0.05) is 17.8 Å². The van der Waals surface area contributed by atoms with Crippen LogP contribution in [-0.4, -0.2) is 35.3 Å². The smallest absolute Gasteiger partial charge is 0.253 e. The second-order valence-corrected chi connectivity index (χ2v) is 4.68. The van der Waals surface area contributed by atoms with Crippen molar-refractivity contribution in [3.05, 3.63) is 29.8 Å². The van der Waals surface area contributed by atoms with Gasteiger partial charge in [-0.05, 0) is 38.3 Å². The summed E-state index contributed by atoms with van der Waals surface area (Å²) in [6.07, 6.45) is 3.66. The molecule has 0 bridgehead atoms. The van der Waals surface area contributed by atoms with Crippen LogP contribution < -0.4 is 5.32 Å². The fraction of sp³-hybridized carbons (Fsp3) is 0.357. The molecule has 1 amide bonds. The van der Waals surface area contributed by atoms with Crippen molar-refractivity contribution in [1.82, 2.24) is 10.2 Å². The summed E-state index contributed by atoms with van der Waals surface area (Å²) in [5.74, 6) is -0.00834. The molecular formula is C14H18N4OS. The molecule has 0 aliphatic rings. The molecule has 5 nitrogen and oxygen atoms in total. The Balaban J connectivity index is 3.02. The fourth-order valence-electron chi connectivity index (χ4n) is 1.69. The molecule has 0 aliphatic carbocycles. The largest absolute Gasteiger partial charge is 0.339 e. The molecule has 0 unspecified atom stereocenters. The number of aliphatic imine (C=N–C) groups is 1. The lowest BCUT2D eigenvalue weighted by atomic mass is 10.2. The van der Waals surface area contributed by atoms with Gasteiger partial charge in [0.1, 0.15) is 0 Å². The quantitative estimate of drug-likeness (QED) is 0.400. The summed E-state index contributed by atoms with van der Waals surface area (Å²) >= 11 is 1.34. The molecule has 1 rings (SSSR count). The van der Waals surface area contributed by atoms with Crippen LogP contribution in [-0.2, 0) is 0 Å². The van der Waals surface area contributed by atoms with E-state index in [-0.39, 0.29) is 5.91 Å². The molecule has 0 saturated carbocycles. The molecule has 106 valence electrons. The lowest BCUT2D eigenvalue weighted by molar-refractivity contribution is 0.0773. The second-order valence-electron chi connectivity index (χ2n) is 3.89. The summed E-state index contributed by atoms with van der Waals surface area (Å²) in [4.78, 5) is 18.3. The van der Waals surface area contributed by atoms with Gasteiger partial charge in [0, 0.05) is 18.7 Å². The lowest BCUT2D eigenvalue weighted by Gasteiger charge is -2.18. The molecular weight excluding hydrogens is 272 g/mol. The van der Waals surface area contributed by atoms with E-state index in [4.69, 9.17) is 5.26 Å². The van der Waals surface area contributed by atoms with E-state index in [1.807, 2.05) is 26.3 Å². The number of amides is 1. The zero-order valence-electron chi connectivity index (χ0n) is 11.9. The number of hydrogen-bond donors (Lipinski definition) is 1. The van der Waals surface area contributed by atoms with E-state index in [9.17, 15) is 4.79 Å². The van der Waals surface area contributed by atoms with Crippen molar-refractivity contribution in [3.8, 4) is 6.19 Å². The van der Waals surface area contributed by atoms with Crippen LogP contribution in [0.2, 0.25) is 0 Å². The maximum absolute atomic E-state index is 12.2. The molecule has 0 atom stereocenters. The predicted octanol–water partition coefficient (Wildman–Crippen LogP) is 2.59. The average molecular weight is 290 g/mol. The van der Waals surface area contributed by atoms with Crippen LogP contribution in [0.1, 0.15) is 24.2 Å². The third-order valence-corrected chi connectivity index (χ3v) is 3.31. The number of nitrogens with one attached hydrogen (secondary N) is 1. The van der Waals surface area contributed by atoms with Crippen molar-refractivity contribution in [1.29, 1.82) is 5.26 Å². The van der Waals surface area contributed by atoms with Gasteiger partial charge in [-0.2, -0.15) is 5.26 Å². The second kappa shape index (κ2) is 8.23. The lowest BCUT2D eigenvalue weighted by Crippen LogP contribution is -2.30. The van der Waals surface area contributed by atoms with E-state index in [1.165, 1.54) is 11.8 Å². The van der Waals surface area contributed by atoms with Crippen molar-refractivity contribution < 1.29 is 4.79 Å². The Morgan fingerprint density at radius 2 is 2.15 bits per heavy atom. The van der Waals surface area contributed by atoms with Gasteiger partial charge in [0.25, 0.3) is 5.91 Å². The number of hydrogen-bond acceptors (Lipinski definition) is 4. The molecule has 0 fully saturated rings. The van der Waals surface area contributed by atoms with E-state index in [2.05, 4.69) is 10.3 Å². The number of thioether (sulfide) groups is 1. The molecule has 0 heterocycles. The Labute approximate surface area is 123 Å². The van der Waals surface area contributed by atoms with Crippen LogP contribution in [0.15, 0.2) is 29.3 Å². The highest BCUT2D eigenvalue weighted by atomic mass is 32.2. The van der Waals surface area contributed by atoms with Crippen LogP contribution in [0.5, 0.6) is 0 Å². The number of nitrogens with zero attached hydrogens (tertiary/aromatic N) is 3. The minimum absolute atomic E-state index is 0.00834. The van der Waals surface area contributed by atoms with E-state index >= 15 is 0 Å². The normalized spacial score (nSPS) is 10.8. The summed E-state index contributed by atoms with van der Waals surface area (Å²) in [7, 11) is 0. The number of rotatable bonds is 4. The van der Waals surface area contributed by atoms with Gasteiger partial charge in [0.05, 0.1) is 5.69 Å². The summed E-state index contributed by atoms with van der Waals surface area (Å²) in [5, 5.41) is 11.6. The molecule has 1 aromatic rings. The fourth-order valence-corrected chi connectivity index (χ4v) is 2.04. The molecule has 0 aromatic heterocycles. The van der Waals surface area contributed by atoms with Gasteiger partial charge in [-0.25, -0.2) is 4.99 Å². The number of carbonyl (C=O) groups is 1. The number of nitriles is 1. The number of amidine groups is 1. The summed E-state index contributed by atoms with van der Waals surface area (Å²) in [5.41, 5.74) is 1.25. The zero-order valence-corrected chi connectivity index (χ0v) is 12.7. The standard InChI is InChI=1S/C14H18N4OS/c1-4-18(5-2)13(19)11-7-6-8-12(9-11)17-14(20-3)16-10-15/h6-9H,4-5H2,1-3H3,(H,16,17). The van der Waals surface area contributed by atoms with Crippen molar-refractivity contribution >= 4 is 28.5 Å². The van der Waals surface area contributed by atoms with Crippen molar-refractivity contribution in [3.63, 3.8) is 0 Å². The molecule has 0 saturated heterocycles. The van der Waals surface area contributed by atoms with Crippen LogP contribution in [0, 0.1) is 11.5 Å². The van der Waals surface area contributed by atoms with Gasteiger partial charge < -0.3 is 4.90 Å². The minimum atomic E-state index is -0.00834. The highest BCUT2D eigenvalue weighted by Gasteiger charge is 2.12. The summed E-state index contributed by atoms with van der Waals surface area (Å²) < 4.78 is 0. The summed E-state index contributed by atoms with van der Waals surface area (Å²) in [6, 6.07) is 7.10. The third-order valence-electron chi connectivity index (χ3n) is 2.73. The maximum atomic E-state index is 12.2. The van der Waals surface area contributed by atoms with Crippen LogP contribution in [0.4, 0.5) is 5.69 Å². The van der Waals surface area contributed by atoms with E-state index in [0.717, 1.165) is 0 Å². The van der Waals surface area contributed by atoms with Gasteiger partial charge >= 0.3 is 0 Å². The third kappa shape index (κ3) is 4.28. The first-order chi connectivity index (χ1) is 9.65. The maximum Gasteiger partial charge on any atom is 0.253 e. The minimum Gasteiger partial charge on any atom is -0.339 e. The first kappa shape index (κ1) is 16.1. The Morgan fingerprint density at radius 1 is 1.45 bits per heavy atom. The molecule has 0 radical (unpaired) electrons. The molecule has 0 aliphatic heterocycles. The van der Waals surface area contributed by atoms with E-state index in [1.54, 1.807) is 29.2 Å². The van der Waals surface area contributed by atoms with Gasteiger partial charge in [0.2, 0.25) is 0 Å². The van der Waals surface area contributed by atoms with Crippen molar-refractivity contribution in [2.75, 3.05) is 19.3 Å². The highest BCUT2D eigenvalue weighted by molar-refractivity contribution is 8.13. The molecule has 20 heavy (non-hydrogen) atoms. The SMILES string of the molecule is CCN(CC)C(=O)c1cccc(N=C(NC#N)SC)c1. The zero-order chi connectivity index (χ0) is 15.0. The molecule has 6 heteroatoms. The molecule has 0 spiro atoms. The average Bonchev–Trinajstić information content (AvgIpc) is 2.48. The first-order valence-electron chi connectivity index (χ1n) is 6.33. The van der Waals surface area contributed by atoms with Crippen LogP contribution >= 0.6 is 11.8 Å². The Morgan fingerprint density at radius 3 is 2.70 bits per heavy atom. The molecule has 1 aromatic carbocycles. The van der Waals surface area contributed by atoms with E-state index in [0.29, 0.717) is 29.5 Å². The van der Waals surface area contributed by atoms with Gasteiger partial charge in [-0.15, -0.1) is 0 Å². The van der Waals surface area contributed by atoms with Crippen molar-refractivity contribution in [2.24, 2.45) is 4.99 Å². The molecule has 1 N–H and O–H groups in total. The Hall–Kier alpha value is -2.00. The first-order valence-corrected chi connectivity index (χ1v) is 7.55. The topological polar surface area (TPSA) is 68.5 Å². The Bertz CT molecular complexity index is 532. The monoisotopic (exact) mass is 290 g/mol. The number of benzene rings is 1. The Kier molecular flexibility index (Phi) is 6.60. The summed E-state index contributed by atoms with van der Waals surface area (Å²) in [6.45, 7) is 5.25. The number of carbonyl (C=O) groups excluding carboxylic acids is 1. The highest BCUT2D eigenvalue weighted by Crippen LogP contribution is 2.17. The van der Waals surface area contributed by atoms with Gasteiger partial charge in [-0.3, -0.25) is 10.1 Å². The predicted molar refractivity (Wildman–Crippen MR) is 83.1 cm³/mol. The van der Waals surface area contributed by atoms with Gasteiger partial charge in [0.15, 0.2) is 11.4 Å².